The van der Waals surface area contributed by atoms with Crippen molar-refractivity contribution in [1.82, 2.24) is 0 Å². The molecule has 0 saturated heterocycles. The third-order valence-corrected chi connectivity index (χ3v) is 4.42. The topological polar surface area (TPSA) is 35.8 Å². The van der Waals surface area contributed by atoms with E-state index >= 15 is 0 Å². The molecule has 2 saturated carbocycles. The summed E-state index contributed by atoms with van der Waals surface area (Å²) in [6, 6.07) is 8.27. The van der Waals surface area contributed by atoms with Crippen LogP contribution in [0.15, 0.2) is 18.2 Å². The molecule has 0 aromatic heterocycles. The van der Waals surface area contributed by atoms with Crippen molar-refractivity contribution in [2.24, 2.45) is 11.8 Å². The van der Waals surface area contributed by atoms with Gasteiger partial charge in [0.1, 0.15) is 6.07 Å². The third kappa shape index (κ3) is 2.00. The first-order valence-corrected chi connectivity index (χ1v) is 6.60. The zero-order chi connectivity index (χ0) is 11.8. The maximum atomic E-state index is 9.10. The number of anilines is 1. The van der Waals surface area contributed by atoms with E-state index in [1.807, 2.05) is 12.1 Å². The Morgan fingerprint density at radius 3 is 2.82 bits per heavy atom. The number of nitrogens with zero attached hydrogens (tertiary/aromatic N) is 1. The van der Waals surface area contributed by atoms with Gasteiger partial charge in [-0.15, -0.1) is 0 Å². The van der Waals surface area contributed by atoms with Gasteiger partial charge in [0.25, 0.3) is 0 Å². The molecular weight excluding hydrogens is 232 g/mol. The van der Waals surface area contributed by atoms with Crippen LogP contribution in [0.2, 0.25) is 5.02 Å². The summed E-state index contributed by atoms with van der Waals surface area (Å²) in [7, 11) is 0. The maximum absolute atomic E-state index is 9.10. The Balaban J connectivity index is 1.79. The largest absolute Gasteiger partial charge is 0.381 e. The molecule has 1 N–H and O–H groups in total. The summed E-state index contributed by atoms with van der Waals surface area (Å²) < 4.78 is 0. The Hall–Kier alpha value is -1.20. The van der Waals surface area contributed by atoms with Gasteiger partial charge in [-0.2, -0.15) is 5.26 Å². The molecule has 3 heteroatoms. The SMILES string of the molecule is N#Cc1cc(Cl)ccc1NC1CC2CCC1C2. The van der Waals surface area contributed by atoms with Crippen molar-refractivity contribution in [1.29, 1.82) is 5.26 Å². The van der Waals surface area contributed by atoms with Crippen LogP contribution in [-0.2, 0) is 0 Å². The number of fused-ring (bicyclic) bond motifs is 2. The fraction of sp³-hybridized carbons (Fsp3) is 0.500. The summed E-state index contributed by atoms with van der Waals surface area (Å²) >= 11 is 5.90. The molecular formula is C14H15ClN2. The lowest BCUT2D eigenvalue weighted by Crippen LogP contribution is -2.26. The Morgan fingerprint density at radius 1 is 1.29 bits per heavy atom. The number of nitriles is 1. The van der Waals surface area contributed by atoms with E-state index in [9.17, 15) is 0 Å². The highest BCUT2D eigenvalue weighted by molar-refractivity contribution is 6.30. The molecule has 0 heterocycles. The summed E-state index contributed by atoms with van der Waals surface area (Å²) in [6.07, 6.45) is 5.37. The monoisotopic (exact) mass is 246 g/mol. The molecule has 2 bridgehead atoms. The fourth-order valence-corrected chi connectivity index (χ4v) is 3.53. The first-order valence-electron chi connectivity index (χ1n) is 6.22. The van der Waals surface area contributed by atoms with Crippen molar-refractivity contribution in [2.45, 2.75) is 31.7 Å². The lowest BCUT2D eigenvalue weighted by atomic mass is 9.95. The van der Waals surface area contributed by atoms with Crippen molar-refractivity contribution in [3.8, 4) is 6.07 Å². The highest BCUT2D eigenvalue weighted by Gasteiger charge is 2.39. The quantitative estimate of drug-likeness (QED) is 0.861. The second kappa shape index (κ2) is 4.23. The van der Waals surface area contributed by atoms with Crippen LogP contribution in [0.25, 0.3) is 0 Å². The smallest absolute Gasteiger partial charge is 0.101 e. The van der Waals surface area contributed by atoms with Gasteiger partial charge in [-0.3, -0.25) is 0 Å². The predicted octanol–water partition coefficient (Wildman–Crippen LogP) is 3.81. The molecule has 0 radical (unpaired) electrons. The minimum absolute atomic E-state index is 0.557. The number of rotatable bonds is 2. The first kappa shape index (κ1) is 10.9. The summed E-state index contributed by atoms with van der Waals surface area (Å²) in [5, 5.41) is 13.3. The highest BCUT2D eigenvalue weighted by Crippen LogP contribution is 2.45. The molecule has 0 spiro atoms. The van der Waals surface area contributed by atoms with Crippen LogP contribution in [0, 0.1) is 23.2 Å². The van der Waals surface area contributed by atoms with Crippen molar-refractivity contribution < 1.29 is 0 Å². The van der Waals surface area contributed by atoms with Crippen molar-refractivity contribution in [3.05, 3.63) is 28.8 Å². The molecule has 2 aliphatic carbocycles. The molecule has 3 atom stereocenters. The van der Waals surface area contributed by atoms with Crippen molar-refractivity contribution >= 4 is 17.3 Å². The molecule has 1 aromatic rings. The molecule has 2 aliphatic rings. The number of nitrogens with one attached hydrogen (secondary N) is 1. The van der Waals surface area contributed by atoms with Gasteiger partial charge >= 0.3 is 0 Å². The molecule has 0 amide bonds. The van der Waals surface area contributed by atoms with Gasteiger partial charge in [0, 0.05) is 11.1 Å². The van der Waals surface area contributed by atoms with Gasteiger partial charge in [0.05, 0.1) is 11.3 Å². The number of hydrogen-bond donors (Lipinski definition) is 1. The zero-order valence-electron chi connectivity index (χ0n) is 9.62. The summed E-state index contributed by atoms with van der Waals surface area (Å²) in [5.41, 5.74) is 1.59. The molecule has 0 aliphatic heterocycles. The van der Waals surface area contributed by atoms with Gasteiger partial charge in [-0.25, -0.2) is 0 Å². The van der Waals surface area contributed by atoms with E-state index in [1.165, 1.54) is 25.7 Å². The summed E-state index contributed by atoms with van der Waals surface area (Å²) in [4.78, 5) is 0. The van der Waals surface area contributed by atoms with Crippen LogP contribution in [0.3, 0.4) is 0 Å². The lowest BCUT2D eigenvalue weighted by molar-refractivity contribution is 0.440. The van der Waals surface area contributed by atoms with Crippen LogP contribution >= 0.6 is 11.6 Å². The van der Waals surface area contributed by atoms with Gasteiger partial charge in [-0.1, -0.05) is 18.0 Å². The van der Waals surface area contributed by atoms with E-state index in [1.54, 1.807) is 6.07 Å². The predicted molar refractivity (Wildman–Crippen MR) is 69.0 cm³/mol. The Kier molecular flexibility index (Phi) is 2.72. The number of benzene rings is 1. The zero-order valence-corrected chi connectivity index (χ0v) is 10.4. The van der Waals surface area contributed by atoms with Crippen LogP contribution in [0.4, 0.5) is 5.69 Å². The third-order valence-electron chi connectivity index (χ3n) is 4.18. The minimum atomic E-state index is 0.557. The van der Waals surface area contributed by atoms with E-state index in [2.05, 4.69) is 11.4 Å². The normalized spacial score (nSPS) is 30.2. The first-order chi connectivity index (χ1) is 8.26. The molecule has 3 rings (SSSR count). The molecule has 2 fully saturated rings. The number of hydrogen-bond acceptors (Lipinski definition) is 2. The Labute approximate surface area is 107 Å². The molecule has 88 valence electrons. The summed E-state index contributed by atoms with van der Waals surface area (Å²) in [5.74, 6) is 1.72. The van der Waals surface area contributed by atoms with Gasteiger partial charge in [0.2, 0.25) is 0 Å². The molecule has 17 heavy (non-hydrogen) atoms. The average Bonchev–Trinajstić information content (AvgIpc) is 2.93. The van der Waals surface area contributed by atoms with E-state index in [0.29, 0.717) is 16.6 Å². The van der Waals surface area contributed by atoms with E-state index in [0.717, 1.165) is 17.5 Å². The van der Waals surface area contributed by atoms with E-state index < -0.39 is 0 Å². The van der Waals surface area contributed by atoms with Crippen molar-refractivity contribution in [3.63, 3.8) is 0 Å². The summed E-state index contributed by atoms with van der Waals surface area (Å²) in [6.45, 7) is 0. The minimum Gasteiger partial charge on any atom is -0.381 e. The van der Waals surface area contributed by atoms with E-state index in [-0.39, 0.29) is 0 Å². The highest BCUT2D eigenvalue weighted by atomic mass is 35.5. The fourth-order valence-electron chi connectivity index (χ4n) is 3.36. The van der Waals surface area contributed by atoms with Gasteiger partial charge in [-0.05, 0) is 49.3 Å². The Morgan fingerprint density at radius 2 is 2.18 bits per heavy atom. The van der Waals surface area contributed by atoms with Crippen LogP contribution in [0.1, 0.15) is 31.2 Å². The van der Waals surface area contributed by atoms with Crippen LogP contribution < -0.4 is 5.32 Å². The van der Waals surface area contributed by atoms with E-state index in [4.69, 9.17) is 16.9 Å². The van der Waals surface area contributed by atoms with Crippen LogP contribution in [0.5, 0.6) is 0 Å². The van der Waals surface area contributed by atoms with Gasteiger partial charge < -0.3 is 5.32 Å². The average molecular weight is 247 g/mol. The second-order valence-electron chi connectivity index (χ2n) is 5.23. The van der Waals surface area contributed by atoms with Crippen LogP contribution in [-0.4, -0.2) is 6.04 Å². The number of halogens is 1. The second-order valence-corrected chi connectivity index (χ2v) is 5.66. The lowest BCUT2D eigenvalue weighted by Gasteiger charge is -2.24. The molecule has 2 nitrogen and oxygen atoms in total. The molecule has 3 unspecified atom stereocenters. The molecule has 1 aromatic carbocycles. The Bertz CT molecular complexity index is 478. The van der Waals surface area contributed by atoms with Gasteiger partial charge in [0.15, 0.2) is 0 Å². The maximum Gasteiger partial charge on any atom is 0.101 e. The standard InChI is InChI=1S/C14H15ClN2/c15-12-3-4-13(11(7-12)8-16)17-14-6-9-1-2-10(14)5-9/h3-4,7,9-10,14,17H,1-2,5-6H2. The van der Waals surface area contributed by atoms with Crippen molar-refractivity contribution in [2.75, 3.05) is 5.32 Å².